The van der Waals surface area contributed by atoms with Gasteiger partial charge in [0, 0.05) is 21.8 Å². The van der Waals surface area contributed by atoms with E-state index in [4.69, 9.17) is 16.3 Å². The minimum absolute atomic E-state index is 0.283. The number of para-hydroxylation sites is 1. The van der Waals surface area contributed by atoms with Crippen LogP contribution in [0.4, 0.5) is 0 Å². The molecule has 0 saturated carbocycles. The number of nitrogens with zero attached hydrogens (tertiary/aromatic N) is 2. The van der Waals surface area contributed by atoms with Crippen LogP contribution in [0.15, 0.2) is 88.8 Å². The van der Waals surface area contributed by atoms with Gasteiger partial charge in [-0.15, -0.1) is 0 Å². The Bertz CT molecular complexity index is 1360. The molecular weight excluding hydrogens is 440 g/mol. The van der Waals surface area contributed by atoms with Crippen LogP contribution in [0.25, 0.3) is 5.69 Å². The van der Waals surface area contributed by atoms with Crippen LogP contribution in [0.3, 0.4) is 0 Å². The standard InChI is InChI=1S/C25H21ClN4O3/c1-16-22(25(32)30(29-16)20-6-4-3-5-7-20)23(17-10-14-21(33-2)15-11-17)27-28-24(31)18-8-12-19(26)13-9-18/h3-15,29H,1-2H3,(H,28,31)/b27-23-. The number of hydrogen-bond acceptors (Lipinski definition) is 4. The molecule has 7 nitrogen and oxygen atoms in total. The van der Waals surface area contributed by atoms with Crippen molar-refractivity contribution in [1.29, 1.82) is 0 Å². The summed E-state index contributed by atoms with van der Waals surface area (Å²) in [5.41, 5.74) is 5.29. The summed E-state index contributed by atoms with van der Waals surface area (Å²) in [6, 6.07) is 22.8. The number of halogens is 1. The molecule has 4 aromatic rings. The van der Waals surface area contributed by atoms with Crippen molar-refractivity contribution < 1.29 is 9.53 Å². The van der Waals surface area contributed by atoms with Crippen molar-refractivity contribution >= 4 is 23.2 Å². The third-order valence-corrected chi connectivity index (χ3v) is 5.31. The first kappa shape index (κ1) is 22.1. The van der Waals surface area contributed by atoms with E-state index in [2.05, 4.69) is 15.6 Å². The molecule has 33 heavy (non-hydrogen) atoms. The first-order valence-electron chi connectivity index (χ1n) is 10.1. The van der Waals surface area contributed by atoms with Crippen LogP contribution in [0.5, 0.6) is 5.75 Å². The van der Waals surface area contributed by atoms with Crippen molar-refractivity contribution in [3.05, 3.63) is 117 Å². The second-order valence-corrected chi connectivity index (χ2v) is 7.66. The van der Waals surface area contributed by atoms with Crippen LogP contribution in [0, 0.1) is 6.92 Å². The molecule has 0 spiro atoms. The number of carbonyl (C=O) groups is 1. The van der Waals surface area contributed by atoms with E-state index >= 15 is 0 Å². The summed E-state index contributed by atoms with van der Waals surface area (Å²) in [6.07, 6.45) is 0. The molecule has 0 fully saturated rings. The number of rotatable bonds is 6. The lowest BCUT2D eigenvalue weighted by Gasteiger charge is -2.08. The average molecular weight is 461 g/mol. The molecule has 1 heterocycles. The Kier molecular flexibility index (Phi) is 6.42. The number of hydrazone groups is 1. The van der Waals surface area contributed by atoms with Gasteiger partial charge in [-0.05, 0) is 67.6 Å². The minimum atomic E-state index is -0.422. The largest absolute Gasteiger partial charge is 0.497 e. The zero-order valence-electron chi connectivity index (χ0n) is 18.0. The summed E-state index contributed by atoms with van der Waals surface area (Å²) in [6.45, 7) is 1.79. The average Bonchev–Trinajstić information content (AvgIpc) is 3.14. The predicted molar refractivity (Wildman–Crippen MR) is 129 cm³/mol. The van der Waals surface area contributed by atoms with E-state index in [0.717, 1.165) is 0 Å². The Morgan fingerprint density at radius 3 is 2.24 bits per heavy atom. The Labute approximate surface area is 195 Å². The molecule has 1 amide bonds. The first-order valence-corrected chi connectivity index (χ1v) is 10.5. The third kappa shape index (κ3) is 4.73. The molecule has 0 radical (unpaired) electrons. The van der Waals surface area contributed by atoms with Gasteiger partial charge in [0.2, 0.25) is 0 Å². The fourth-order valence-electron chi connectivity index (χ4n) is 3.37. The van der Waals surface area contributed by atoms with Crippen molar-refractivity contribution in [2.75, 3.05) is 7.11 Å². The summed E-state index contributed by atoms with van der Waals surface area (Å²) in [7, 11) is 1.57. The summed E-state index contributed by atoms with van der Waals surface area (Å²) in [4.78, 5) is 26.0. The Morgan fingerprint density at radius 1 is 0.970 bits per heavy atom. The van der Waals surface area contributed by atoms with Crippen LogP contribution in [-0.2, 0) is 0 Å². The summed E-state index contributed by atoms with van der Waals surface area (Å²) < 4.78 is 6.69. The van der Waals surface area contributed by atoms with Gasteiger partial charge in [-0.25, -0.2) is 10.1 Å². The van der Waals surface area contributed by atoms with Gasteiger partial charge in [-0.1, -0.05) is 29.8 Å². The van der Waals surface area contributed by atoms with Gasteiger partial charge in [-0.2, -0.15) is 5.10 Å². The molecule has 0 atom stereocenters. The molecule has 0 unspecified atom stereocenters. The molecule has 0 aliphatic heterocycles. The van der Waals surface area contributed by atoms with E-state index in [9.17, 15) is 9.59 Å². The predicted octanol–water partition coefficient (Wildman–Crippen LogP) is 4.32. The highest BCUT2D eigenvalue weighted by Gasteiger charge is 2.20. The quantitative estimate of drug-likeness (QED) is 0.332. The van der Waals surface area contributed by atoms with Crippen molar-refractivity contribution in [2.24, 2.45) is 5.10 Å². The lowest BCUT2D eigenvalue weighted by Crippen LogP contribution is -2.25. The number of hydrogen-bond donors (Lipinski definition) is 2. The molecule has 3 aromatic carbocycles. The number of H-pyrrole nitrogens is 1. The van der Waals surface area contributed by atoms with E-state index < -0.39 is 5.91 Å². The molecule has 0 bridgehead atoms. The van der Waals surface area contributed by atoms with Gasteiger partial charge in [0.25, 0.3) is 11.5 Å². The molecule has 8 heteroatoms. The van der Waals surface area contributed by atoms with Crippen LogP contribution in [0.2, 0.25) is 5.02 Å². The first-order chi connectivity index (χ1) is 16.0. The summed E-state index contributed by atoms with van der Waals surface area (Å²) in [5.74, 6) is 0.241. The van der Waals surface area contributed by atoms with Gasteiger partial charge >= 0.3 is 0 Å². The maximum atomic E-state index is 13.4. The number of amides is 1. The van der Waals surface area contributed by atoms with Crippen molar-refractivity contribution in [2.45, 2.75) is 6.92 Å². The zero-order chi connectivity index (χ0) is 23.4. The van der Waals surface area contributed by atoms with E-state index in [0.29, 0.717) is 44.6 Å². The second kappa shape index (κ2) is 9.58. The number of aryl methyl sites for hydroxylation is 1. The normalized spacial score (nSPS) is 11.3. The Hall–Kier alpha value is -4.10. The van der Waals surface area contributed by atoms with E-state index in [1.807, 2.05) is 30.3 Å². The van der Waals surface area contributed by atoms with Crippen molar-refractivity contribution in [3.63, 3.8) is 0 Å². The van der Waals surface area contributed by atoms with Gasteiger partial charge in [0.1, 0.15) is 11.5 Å². The van der Waals surface area contributed by atoms with E-state index in [1.54, 1.807) is 62.6 Å². The third-order valence-electron chi connectivity index (χ3n) is 5.06. The monoisotopic (exact) mass is 460 g/mol. The molecule has 4 rings (SSSR count). The molecule has 0 saturated heterocycles. The number of carbonyl (C=O) groups excluding carboxylic acids is 1. The Morgan fingerprint density at radius 2 is 1.61 bits per heavy atom. The van der Waals surface area contributed by atoms with Crippen LogP contribution in [-0.4, -0.2) is 28.5 Å². The molecule has 2 N–H and O–H groups in total. The number of nitrogens with one attached hydrogen (secondary N) is 2. The van der Waals surface area contributed by atoms with E-state index in [-0.39, 0.29) is 5.56 Å². The molecule has 166 valence electrons. The number of aromatic amines is 1. The maximum absolute atomic E-state index is 13.4. The van der Waals surface area contributed by atoms with E-state index in [1.165, 1.54) is 4.68 Å². The highest BCUT2D eigenvalue weighted by molar-refractivity contribution is 6.30. The Balaban J connectivity index is 1.79. The number of ether oxygens (including phenoxy) is 1. The van der Waals surface area contributed by atoms with Gasteiger partial charge in [0.15, 0.2) is 0 Å². The molecule has 0 aliphatic rings. The number of benzene rings is 3. The lowest BCUT2D eigenvalue weighted by atomic mass is 10.0. The van der Waals surface area contributed by atoms with Crippen molar-refractivity contribution in [3.8, 4) is 11.4 Å². The molecule has 0 aliphatic carbocycles. The fourth-order valence-corrected chi connectivity index (χ4v) is 3.50. The highest BCUT2D eigenvalue weighted by Crippen LogP contribution is 2.17. The van der Waals surface area contributed by atoms with Gasteiger partial charge < -0.3 is 4.74 Å². The minimum Gasteiger partial charge on any atom is -0.497 e. The SMILES string of the molecule is COc1ccc(/C(=N/NC(=O)c2ccc(Cl)cc2)c2c(C)[nH]n(-c3ccccc3)c2=O)cc1. The highest BCUT2D eigenvalue weighted by atomic mass is 35.5. The number of methoxy groups -OCH3 is 1. The molecular formula is C25H21ClN4O3. The van der Waals surface area contributed by atoms with Gasteiger partial charge in [-0.3, -0.25) is 14.7 Å². The molecule has 1 aromatic heterocycles. The zero-order valence-corrected chi connectivity index (χ0v) is 18.8. The summed E-state index contributed by atoms with van der Waals surface area (Å²) in [5, 5.41) is 7.98. The number of aromatic nitrogens is 2. The topological polar surface area (TPSA) is 88.5 Å². The van der Waals surface area contributed by atoms with Crippen LogP contribution in [0.1, 0.15) is 27.2 Å². The van der Waals surface area contributed by atoms with Crippen molar-refractivity contribution in [1.82, 2.24) is 15.2 Å². The van der Waals surface area contributed by atoms with Crippen LogP contribution >= 0.6 is 11.6 Å². The smallest absolute Gasteiger partial charge is 0.281 e. The van der Waals surface area contributed by atoms with Gasteiger partial charge in [0.05, 0.1) is 18.4 Å². The maximum Gasteiger partial charge on any atom is 0.281 e. The van der Waals surface area contributed by atoms with Crippen LogP contribution < -0.4 is 15.7 Å². The summed E-state index contributed by atoms with van der Waals surface area (Å²) >= 11 is 5.91. The lowest BCUT2D eigenvalue weighted by molar-refractivity contribution is 0.0955. The second-order valence-electron chi connectivity index (χ2n) is 7.22. The fraction of sp³-hybridized carbons (Fsp3) is 0.0800.